The minimum atomic E-state index is 0.637. The van der Waals surface area contributed by atoms with Gasteiger partial charge in [-0.15, -0.1) is 0 Å². The Labute approximate surface area is 330 Å². The molecule has 0 N–H and O–H groups in total. The highest BCUT2D eigenvalue weighted by Gasteiger charge is 2.19. The molecular formula is C52H37N5. The second kappa shape index (κ2) is 14.2. The van der Waals surface area contributed by atoms with E-state index in [9.17, 15) is 0 Å². The Kier molecular flexibility index (Phi) is 8.46. The second-order valence-electron chi connectivity index (χ2n) is 14.1. The minimum Gasteiger partial charge on any atom is -0.316 e. The van der Waals surface area contributed by atoms with Gasteiger partial charge in [0.1, 0.15) is 5.69 Å². The number of hydrogen-bond donors (Lipinski definition) is 0. The van der Waals surface area contributed by atoms with Crippen molar-refractivity contribution in [2.24, 2.45) is 0 Å². The summed E-state index contributed by atoms with van der Waals surface area (Å²) in [4.78, 5) is 15.8. The first-order chi connectivity index (χ1) is 28.2. The fourth-order valence-electron chi connectivity index (χ4n) is 8.05. The van der Waals surface area contributed by atoms with Crippen molar-refractivity contribution in [2.75, 3.05) is 0 Å². The molecule has 4 aromatic heterocycles. The lowest BCUT2D eigenvalue weighted by Gasteiger charge is -2.14. The molecule has 57 heavy (non-hydrogen) atoms. The van der Waals surface area contributed by atoms with Crippen LogP contribution in [-0.4, -0.2) is 24.1 Å². The summed E-state index contributed by atoms with van der Waals surface area (Å²) in [6, 6.07) is 57.3. The van der Waals surface area contributed by atoms with E-state index in [0.717, 1.165) is 72.7 Å². The van der Waals surface area contributed by atoms with Crippen LogP contribution >= 0.6 is 0 Å². The van der Waals surface area contributed by atoms with Gasteiger partial charge in [-0.3, -0.25) is 0 Å². The zero-order valence-electron chi connectivity index (χ0n) is 31.4. The molecule has 0 aliphatic heterocycles. The summed E-state index contributed by atoms with van der Waals surface area (Å²) in [7, 11) is 0. The monoisotopic (exact) mass is 731 g/mol. The molecular weight excluding hydrogens is 695 g/mol. The molecule has 0 unspecified atom stereocenters. The number of benzene rings is 6. The molecule has 0 saturated heterocycles. The number of fused-ring (bicyclic) bond motifs is 6. The highest BCUT2D eigenvalue weighted by Crippen LogP contribution is 2.39. The molecule has 0 fully saturated rings. The number of nitrogens with zero attached hydrogens (tertiary/aromatic N) is 5. The lowest BCUT2D eigenvalue weighted by atomic mass is 9.99. The molecule has 5 nitrogen and oxygen atoms in total. The van der Waals surface area contributed by atoms with Gasteiger partial charge in [0.15, 0.2) is 5.82 Å². The Morgan fingerprint density at radius 2 is 1.28 bits per heavy atom. The van der Waals surface area contributed by atoms with E-state index in [4.69, 9.17) is 15.0 Å². The zero-order chi connectivity index (χ0) is 38.3. The fraction of sp³-hybridized carbons (Fsp3) is 0.0192. The van der Waals surface area contributed by atoms with Gasteiger partial charge < -0.3 is 9.13 Å². The van der Waals surface area contributed by atoms with E-state index in [1.54, 1.807) is 6.08 Å². The van der Waals surface area contributed by atoms with Gasteiger partial charge in [0.2, 0.25) is 0 Å². The normalized spacial score (nSPS) is 12.1. The van der Waals surface area contributed by atoms with E-state index >= 15 is 0 Å². The lowest BCUT2D eigenvalue weighted by molar-refractivity contribution is 1.13. The van der Waals surface area contributed by atoms with Crippen LogP contribution in [0.15, 0.2) is 201 Å². The molecule has 0 saturated carbocycles. The molecule has 10 rings (SSSR count). The summed E-state index contributed by atoms with van der Waals surface area (Å²) in [5.74, 6) is 0.637. The summed E-state index contributed by atoms with van der Waals surface area (Å²) in [6.45, 7) is 5.95. The van der Waals surface area contributed by atoms with Gasteiger partial charge in [0.05, 0.1) is 33.5 Å². The summed E-state index contributed by atoms with van der Waals surface area (Å²) < 4.78 is 4.65. The van der Waals surface area contributed by atoms with Crippen LogP contribution in [0.25, 0.3) is 94.6 Å². The van der Waals surface area contributed by atoms with Crippen LogP contribution in [0, 0.1) is 0 Å². The first-order valence-corrected chi connectivity index (χ1v) is 19.2. The zero-order valence-corrected chi connectivity index (χ0v) is 31.4. The van der Waals surface area contributed by atoms with Crippen molar-refractivity contribution >= 4 is 49.2 Å². The maximum absolute atomic E-state index is 5.36. The van der Waals surface area contributed by atoms with Crippen LogP contribution in [0.4, 0.5) is 0 Å². The number of allylic oxidation sites excluding steroid dienone is 5. The van der Waals surface area contributed by atoms with Crippen molar-refractivity contribution in [1.82, 2.24) is 24.1 Å². The topological polar surface area (TPSA) is 48.5 Å². The molecule has 0 atom stereocenters. The van der Waals surface area contributed by atoms with E-state index in [0.29, 0.717) is 5.82 Å². The number of hydrogen-bond acceptors (Lipinski definition) is 3. The fourth-order valence-corrected chi connectivity index (χ4v) is 8.05. The summed E-state index contributed by atoms with van der Waals surface area (Å²) in [5, 5.41) is 4.55. The number of para-hydroxylation sites is 3. The molecule has 5 heteroatoms. The van der Waals surface area contributed by atoms with Gasteiger partial charge in [0.25, 0.3) is 0 Å². The minimum absolute atomic E-state index is 0.637. The molecule has 270 valence electrons. The quantitative estimate of drug-likeness (QED) is 0.146. The van der Waals surface area contributed by atoms with Gasteiger partial charge in [-0.25, -0.2) is 15.0 Å². The Balaban J connectivity index is 1.18. The standard InChI is InChI=1S/C52H37N5/c1-3-5-17-35(4-2)38-33-46(36-18-8-6-9-19-36)53-47(34-38)50-43-25-12-14-26-45(43)54-52(55-50)37-20-16-23-40(32-37)57-49-27-15-13-24-41(49)42-28-29-48-44(51(42)57)30-31-56(48)39-21-10-7-11-22-39/h3-34H,1H2,2H3/b17-5-,35-4+. The van der Waals surface area contributed by atoms with E-state index in [1.165, 1.54) is 21.7 Å². The smallest absolute Gasteiger partial charge is 0.160 e. The van der Waals surface area contributed by atoms with Crippen molar-refractivity contribution in [1.29, 1.82) is 0 Å². The first kappa shape index (κ1) is 33.9. The predicted octanol–water partition coefficient (Wildman–Crippen LogP) is 13.2. The third kappa shape index (κ3) is 5.94. The van der Waals surface area contributed by atoms with Crippen LogP contribution in [0.5, 0.6) is 0 Å². The van der Waals surface area contributed by atoms with E-state index in [-0.39, 0.29) is 0 Å². The van der Waals surface area contributed by atoms with Crippen LogP contribution in [0.1, 0.15) is 12.5 Å². The Morgan fingerprint density at radius 3 is 2.11 bits per heavy atom. The van der Waals surface area contributed by atoms with Gasteiger partial charge in [-0.2, -0.15) is 0 Å². The lowest BCUT2D eigenvalue weighted by Crippen LogP contribution is -2.00. The predicted molar refractivity (Wildman–Crippen MR) is 238 cm³/mol. The molecule has 0 amide bonds. The largest absolute Gasteiger partial charge is 0.316 e. The summed E-state index contributed by atoms with van der Waals surface area (Å²) >= 11 is 0. The van der Waals surface area contributed by atoms with Crippen molar-refractivity contribution in [2.45, 2.75) is 6.92 Å². The number of aromatic nitrogens is 5. The molecule has 0 radical (unpaired) electrons. The molecule has 4 heterocycles. The highest BCUT2D eigenvalue weighted by molar-refractivity contribution is 6.18. The average Bonchev–Trinajstić information content (AvgIpc) is 3.87. The SMILES string of the molecule is C=C/C=C\C(=C/C)c1cc(-c2ccccc2)nc(-c2nc(-c3cccc(-n4c5ccccc5c5ccc6c(ccn6-c6ccccc6)c54)c3)nc3ccccc23)c1. The molecule has 0 aliphatic carbocycles. The van der Waals surface area contributed by atoms with Crippen LogP contribution in [-0.2, 0) is 0 Å². The van der Waals surface area contributed by atoms with Crippen molar-refractivity contribution in [3.63, 3.8) is 0 Å². The number of pyridine rings is 1. The molecule has 0 bridgehead atoms. The molecule has 10 aromatic rings. The molecule has 6 aromatic carbocycles. The first-order valence-electron chi connectivity index (χ1n) is 19.2. The molecule has 0 aliphatic rings. The highest BCUT2D eigenvalue weighted by atomic mass is 15.0. The van der Waals surface area contributed by atoms with Gasteiger partial charge in [-0.1, -0.05) is 134 Å². The third-order valence-electron chi connectivity index (χ3n) is 10.7. The van der Waals surface area contributed by atoms with Crippen LogP contribution in [0.3, 0.4) is 0 Å². The summed E-state index contributed by atoms with van der Waals surface area (Å²) in [5.41, 5.74) is 13.0. The van der Waals surface area contributed by atoms with Crippen molar-refractivity contribution in [3.8, 4) is 45.4 Å². The second-order valence-corrected chi connectivity index (χ2v) is 14.1. The molecule has 0 spiro atoms. The maximum atomic E-state index is 5.36. The van der Waals surface area contributed by atoms with Crippen molar-refractivity contribution < 1.29 is 0 Å². The van der Waals surface area contributed by atoms with Crippen molar-refractivity contribution in [3.05, 3.63) is 206 Å². The Hall–Kier alpha value is -7.63. The van der Waals surface area contributed by atoms with E-state index in [1.807, 2.05) is 36.4 Å². The van der Waals surface area contributed by atoms with Crippen LogP contribution in [0.2, 0.25) is 0 Å². The maximum Gasteiger partial charge on any atom is 0.160 e. The third-order valence-corrected chi connectivity index (χ3v) is 10.7. The van der Waals surface area contributed by atoms with Gasteiger partial charge in [0, 0.05) is 50.2 Å². The average molecular weight is 732 g/mol. The van der Waals surface area contributed by atoms with Gasteiger partial charge in [-0.05, 0) is 78.7 Å². The Bertz CT molecular complexity index is 3200. The van der Waals surface area contributed by atoms with E-state index in [2.05, 4.69) is 174 Å². The van der Waals surface area contributed by atoms with Gasteiger partial charge >= 0.3 is 0 Å². The Morgan fingerprint density at radius 1 is 0.561 bits per heavy atom. The van der Waals surface area contributed by atoms with E-state index < -0.39 is 0 Å². The summed E-state index contributed by atoms with van der Waals surface area (Å²) in [6.07, 6.45) is 10.1. The number of rotatable bonds is 8. The van der Waals surface area contributed by atoms with Crippen LogP contribution < -0.4 is 0 Å².